The van der Waals surface area contributed by atoms with Gasteiger partial charge in [-0.1, -0.05) is 6.07 Å². The van der Waals surface area contributed by atoms with Gasteiger partial charge in [-0.15, -0.1) is 0 Å². The fourth-order valence-electron chi connectivity index (χ4n) is 3.70. The quantitative estimate of drug-likeness (QED) is 0.562. The van der Waals surface area contributed by atoms with Gasteiger partial charge in [0.1, 0.15) is 0 Å². The van der Waals surface area contributed by atoms with Crippen LogP contribution in [-0.4, -0.2) is 42.6 Å². The van der Waals surface area contributed by atoms with Gasteiger partial charge in [0.25, 0.3) is 0 Å². The molecule has 6 heteroatoms. The Morgan fingerprint density at radius 1 is 0.963 bits per heavy atom. The van der Waals surface area contributed by atoms with E-state index in [0.717, 1.165) is 54.3 Å². The van der Waals surface area contributed by atoms with E-state index in [1.807, 2.05) is 47.2 Å². The number of aromatic nitrogens is 5. The van der Waals surface area contributed by atoms with Crippen molar-refractivity contribution in [3.63, 3.8) is 0 Å². The number of nitrogens with zero attached hydrogens (tertiary/aromatic N) is 6. The largest absolute Gasteiger partial charge is 0.297 e. The summed E-state index contributed by atoms with van der Waals surface area (Å²) in [6.45, 7) is 2.92. The average molecular weight is 356 g/mol. The fourth-order valence-corrected chi connectivity index (χ4v) is 3.70. The van der Waals surface area contributed by atoms with E-state index < -0.39 is 0 Å². The number of likely N-dealkylation sites (tertiary alicyclic amines) is 1. The Balaban J connectivity index is 1.35. The highest BCUT2D eigenvalue weighted by atomic mass is 15.3. The van der Waals surface area contributed by atoms with Gasteiger partial charge in [-0.05, 0) is 54.9 Å². The summed E-state index contributed by atoms with van der Waals surface area (Å²) in [5.41, 5.74) is 4.25. The van der Waals surface area contributed by atoms with E-state index >= 15 is 0 Å². The number of hydrogen-bond acceptors (Lipinski definition) is 5. The lowest BCUT2D eigenvalue weighted by Gasteiger charge is -2.14. The Bertz CT molecular complexity index is 1040. The SMILES string of the molecule is c1ccc(CN2CC[C@@H](c3nc4ccc(-c5ccncc5)cn4n3)C2)nc1. The van der Waals surface area contributed by atoms with E-state index in [9.17, 15) is 0 Å². The molecule has 1 saturated heterocycles. The van der Waals surface area contributed by atoms with Crippen LogP contribution in [-0.2, 0) is 6.54 Å². The first kappa shape index (κ1) is 16.1. The molecule has 1 aliphatic rings. The topological polar surface area (TPSA) is 59.2 Å². The maximum absolute atomic E-state index is 4.77. The Morgan fingerprint density at radius 2 is 1.89 bits per heavy atom. The second-order valence-electron chi connectivity index (χ2n) is 6.97. The second-order valence-corrected chi connectivity index (χ2v) is 6.97. The summed E-state index contributed by atoms with van der Waals surface area (Å²) in [4.78, 5) is 15.7. The Hall–Kier alpha value is -3.12. The third-order valence-electron chi connectivity index (χ3n) is 5.11. The molecule has 5 rings (SSSR count). The van der Waals surface area contributed by atoms with Gasteiger partial charge in [0.2, 0.25) is 0 Å². The smallest absolute Gasteiger partial charge is 0.156 e. The first-order valence-corrected chi connectivity index (χ1v) is 9.24. The van der Waals surface area contributed by atoms with Gasteiger partial charge in [0.15, 0.2) is 11.5 Å². The Labute approximate surface area is 157 Å². The van der Waals surface area contributed by atoms with Crippen molar-refractivity contribution in [2.75, 3.05) is 13.1 Å². The number of fused-ring (bicyclic) bond motifs is 1. The molecule has 4 aromatic rings. The molecule has 1 fully saturated rings. The molecule has 0 aliphatic carbocycles. The zero-order chi connectivity index (χ0) is 18.1. The van der Waals surface area contributed by atoms with E-state index in [4.69, 9.17) is 10.1 Å². The molecule has 0 bridgehead atoms. The minimum absolute atomic E-state index is 0.373. The Morgan fingerprint density at radius 3 is 2.74 bits per heavy atom. The highest BCUT2D eigenvalue weighted by molar-refractivity contribution is 5.63. The molecule has 1 aliphatic heterocycles. The average Bonchev–Trinajstić information content (AvgIpc) is 3.35. The van der Waals surface area contributed by atoms with Crippen molar-refractivity contribution in [3.8, 4) is 11.1 Å². The zero-order valence-corrected chi connectivity index (χ0v) is 14.9. The summed E-state index contributed by atoms with van der Waals surface area (Å²) in [7, 11) is 0. The van der Waals surface area contributed by atoms with E-state index in [1.54, 1.807) is 12.4 Å². The van der Waals surface area contributed by atoms with Crippen LogP contribution >= 0.6 is 0 Å². The van der Waals surface area contributed by atoms with Gasteiger partial charge in [-0.2, -0.15) is 5.10 Å². The molecule has 0 radical (unpaired) electrons. The zero-order valence-electron chi connectivity index (χ0n) is 14.9. The van der Waals surface area contributed by atoms with Gasteiger partial charge in [0.05, 0.1) is 5.69 Å². The number of rotatable bonds is 4. The van der Waals surface area contributed by atoms with Crippen LogP contribution in [0.4, 0.5) is 0 Å². The molecule has 0 unspecified atom stereocenters. The van der Waals surface area contributed by atoms with Crippen molar-refractivity contribution in [1.82, 2.24) is 29.5 Å². The lowest BCUT2D eigenvalue weighted by Crippen LogP contribution is -2.20. The molecular formula is C21H20N6. The molecule has 0 amide bonds. The normalized spacial score (nSPS) is 17.6. The molecule has 134 valence electrons. The van der Waals surface area contributed by atoms with Crippen LogP contribution in [0.3, 0.4) is 0 Å². The van der Waals surface area contributed by atoms with Crippen molar-refractivity contribution in [2.24, 2.45) is 0 Å². The molecule has 5 heterocycles. The lowest BCUT2D eigenvalue weighted by molar-refractivity contribution is 0.321. The van der Waals surface area contributed by atoms with Gasteiger partial charge in [-0.25, -0.2) is 9.50 Å². The van der Waals surface area contributed by atoms with Crippen LogP contribution in [0.25, 0.3) is 16.8 Å². The van der Waals surface area contributed by atoms with Gasteiger partial charge < -0.3 is 0 Å². The number of hydrogen-bond donors (Lipinski definition) is 0. The Kier molecular flexibility index (Phi) is 4.10. The van der Waals surface area contributed by atoms with Crippen molar-refractivity contribution in [2.45, 2.75) is 18.9 Å². The summed E-state index contributed by atoms with van der Waals surface area (Å²) in [6, 6.07) is 14.2. The lowest BCUT2D eigenvalue weighted by atomic mass is 10.1. The summed E-state index contributed by atoms with van der Waals surface area (Å²) in [5.74, 6) is 1.31. The van der Waals surface area contributed by atoms with Crippen LogP contribution in [0.2, 0.25) is 0 Å². The fraction of sp³-hybridized carbons (Fsp3) is 0.238. The first-order valence-electron chi connectivity index (χ1n) is 9.24. The first-order chi connectivity index (χ1) is 13.3. The van der Waals surface area contributed by atoms with E-state index in [2.05, 4.69) is 27.0 Å². The predicted octanol–water partition coefficient (Wildman–Crippen LogP) is 3.18. The predicted molar refractivity (Wildman–Crippen MR) is 103 cm³/mol. The summed E-state index contributed by atoms with van der Waals surface area (Å²) >= 11 is 0. The van der Waals surface area contributed by atoms with Crippen LogP contribution < -0.4 is 0 Å². The molecule has 1 atom stereocenters. The second kappa shape index (κ2) is 6.89. The summed E-state index contributed by atoms with van der Waals surface area (Å²) in [6.07, 6.45) is 8.59. The van der Waals surface area contributed by atoms with Crippen LogP contribution in [0, 0.1) is 0 Å². The van der Waals surface area contributed by atoms with E-state index in [-0.39, 0.29) is 0 Å². The molecular weight excluding hydrogens is 336 g/mol. The summed E-state index contributed by atoms with van der Waals surface area (Å²) < 4.78 is 1.90. The van der Waals surface area contributed by atoms with Crippen molar-refractivity contribution in [1.29, 1.82) is 0 Å². The van der Waals surface area contributed by atoms with Gasteiger partial charge in [0, 0.05) is 49.4 Å². The molecule has 0 spiro atoms. The molecule has 27 heavy (non-hydrogen) atoms. The highest BCUT2D eigenvalue weighted by Crippen LogP contribution is 2.27. The van der Waals surface area contributed by atoms with Crippen molar-refractivity contribution >= 4 is 5.65 Å². The van der Waals surface area contributed by atoms with Crippen LogP contribution in [0.1, 0.15) is 23.9 Å². The van der Waals surface area contributed by atoms with E-state index in [1.165, 1.54) is 0 Å². The van der Waals surface area contributed by atoms with Crippen molar-refractivity contribution < 1.29 is 0 Å². The molecule has 0 aromatic carbocycles. The highest BCUT2D eigenvalue weighted by Gasteiger charge is 2.27. The third-order valence-corrected chi connectivity index (χ3v) is 5.11. The van der Waals surface area contributed by atoms with E-state index in [0.29, 0.717) is 5.92 Å². The molecule has 6 nitrogen and oxygen atoms in total. The van der Waals surface area contributed by atoms with Gasteiger partial charge >= 0.3 is 0 Å². The minimum atomic E-state index is 0.373. The molecule has 0 N–H and O–H groups in total. The third kappa shape index (κ3) is 3.31. The number of pyridine rings is 3. The minimum Gasteiger partial charge on any atom is -0.297 e. The molecule has 0 saturated carbocycles. The standard InChI is InChI=1S/C21H20N6/c1-2-9-23-19(3-1)15-26-12-8-18(13-26)21-24-20-5-4-17(14-27(20)25-21)16-6-10-22-11-7-16/h1-7,9-11,14,18H,8,12-13,15H2/t18-/m1/s1. The summed E-state index contributed by atoms with van der Waals surface area (Å²) in [5, 5.41) is 4.77. The van der Waals surface area contributed by atoms with Crippen LogP contribution in [0.15, 0.2) is 67.3 Å². The van der Waals surface area contributed by atoms with Gasteiger partial charge in [-0.3, -0.25) is 14.9 Å². The monoisotopic (exact) mass is 356 g/mol. The molecule has 4 aromatic heterocycles. The van der Waals surface area contributed by atoms with Crippen molar-refractivity contribution in [3.05, 3.63) is 78.8 Å². The van der Waals surface area contributed by atoms with Crippen LogP contribution in [0.5, 0.6) is 0 Å². The maximum atomic E-state index is 4.77. The maximum Gasteiger partial charge on any atom is 0.156 e.